The van der Waals surface area contributed by atoms with Crippen LogP contribution in [-0.2, 0) is 0 Å². The van der Waals surface area contributed by atoms with E-state index in [-0.39, 0.29) is 0 Å². The molecule has 0 radical (unpaired) electrons. The molecule has 7 rings (SSSR count). The number of hydrogen-bond donors (Lipinski definition) is 0. The molecule has 0 saturated heterocycles. The largest absolute Gasteiger partial charge is 0.456 e. The second-order valence-electron chi connectivity index (χ2n) is 8.37. The Kier molecular flexibility index (Phi) is 3.93. The van der Waals surface area contributed by atoms with Gasteiger partial charge < -0.3 is 8.98 Å². The topological polar surface area (TPSA) is 18.1 Å². The van der Waals surface area contributed by atoms with Crippen molar-refractivity contribution in [1.29, 1.82) is 0 Å². The van der Waals surface area contributed by atoms with E-state index in [1.165, 1.54) is 27.4 Å². The van der Waals surface area contributed by atoms with Gasteiger partial charge in [0.25, 0.3) is 0 Å². The van der Waals surface area contributed by atoms with Crippen molar-refractivity contribution in [3.8, 4) is 16.8 Å². The molecule has 0 fully saturated rings. The van der Waals surface area contributed by atoms with Crippen molar-refractivity contribution in [2.45, 2.75) is 0 Å². The van der Waals surface area contributed by atoms with Crippen LogP contribution in [0.25, 0.3) is 60.6 Å². The quantitative estimate of drug-likeness (QED) is 0.260. The molecule has 7 aromatic rings. The molecular weight excluding hydrogens is 426 g/mol. The fourth-order valence-corrected chi connectivity index (χ4v) is 5.11. The second kappa shape index (κ2) is 6.99. The molecule has 2 nitrogen and oxygen atoms in total. The molecule has 5 aromatic carbocycles. The van der Waals surface area contributed by atoms with Crippen LogP contribution in [-0.4, -0.2) is 4.57 Å². The molecule has 0 bridgehead atoms. The van der Waals surface area contributed by atoms with Crippen molar-refractivity contribution in [2.75, 3.05) is 0 Å². The van der Waals surface area contributed by atoms with E-state index in [1.54, 1.807) is 0 Å². The molecule has 156 valence electrons. The predicted molar refractivity (Wildman–Crippen MR) is 139 cm³/mol. The number of nitrogens with zero attached hydrogens (tertiary/aromatic N) is 1. The molecule has 2 heterocycles. The highest BCUT2D eigenvalue weighted by atomic mass is 35.5. The van der Waals surface area contributed by atoms with Crippen LogP contribution in [0.5, 0.6) is 0 Å². The van der Waals surface area contributed by atoms with Crippen LogP contribution < -0.4 is 0 Å². The van der Waals surface area contributed by atoms with Gasteiger partial charge in [-0.1, -0.05) is 66.2 Å². The number of rotatable bonds is 2. The predicted octanol–water partition coefficient (Wildman–Crippen LogP) is 9.00. The number of fused-ring (bicyclic) bond motifs is 6. The molecule has 0 N–H and O–H groups in total. The molecule has 0 aliphatic heterocycles. The number of halogens is 1. The van der Waals surface area contributed by atoms with Gasteiger partial charge in [-0.05, 0) is 65.7 Å². The summed E-state index contributed by atoms with van der Waals surface area (Å²) in [6, 6.07) is 38.0. The minimum absolute atomic E-state index is 0.712. The molecule has 0 amide bonds. The summed E-state index contributed by atoms with van der Waals surface area (Å²) in [6.45, 7) is 0. The highest BCUT2D eigenvalue weighted by Crippen LogP contribution is 2.37. The summed E-state index contributed by atoms with van der Waals surface area (Å²) in [5, 5.41) is 5.34. The summed E-state index contributed by atoms with van der Waals surface area (Å²) in [7, 11) is 0. The number of aromatic nitrogens is 1. The first-order valence-electron chi connectivity index (χ1n) is 11.0. The van der Waals surface area contributed by atoms with Crippen molar-refractivity contribution < 1.29 is 4.42 Å². The molecule has 33 heavy (non-hydrogen) atoms. The van der Waals surface area contributed by atoms with Gasteiger partial charge in [-0.15, -0.1) is 0 Å². The van der Waals surface area contributed by atoms with E-state index in [9.17, 15) is 0 Å². The van der Waals surface area contributed by atoms with E-state index < -0.39 is 0 Å². The average molecular weight is 444 g/mol. The van der Waals surface area contributed by atoms with E-state index >= 15 is 0 Å². The Labute approximate surface area is 195 Å². The summed E-state index contributed by atoms with van der Waals surface area (Å²) >= 11 is 6.27. The maximum Gasteiger partial charge on any atom is 0.135 e. The van der Waals surface area contributed by atoms with Crippen LogP contribution in [0.15, 0.2) is 114 Å². The van der Waals surface area contributed by atoms with Gasteiger partial charge >= 0.3 is 0 Å². The first-order valence-corrected chi connectivity index (χ1v) is 11.3. The molecule has 0 saturated carbocycles. The van der Waals surface area contributed by atoms with E-state index in [0.717, 1.165) is 33.2 Å². The Morgan fingerprint density at radius 3 is 2.06 bits per heavy atom. The minimum atomic E-state index is 0.712. The van der Waals surface area contributed by atoms with Crippen molar-refractivity contribution >= 4 is 55.3 Å². The van der Waals surface area contributed by atoms with E-state index in [4.69, 9.17) is 16.0 Å². The normalized spacial score (nSPS) is 11.8. The van der Waals surface area contributed by atoms with E-state index in [0.29, 0.717) is 5.02 Å². The van der Waals surface area contributed by atoms with Crippen LogP contribution in [0.4, 0.5) is 0 Å². The van der Waals surface area contributed by atoms with Crippen molar-refractivity contribution in [1.82, 2.24) is 4.57 Å². The Morgan fingerprint density at radius 1 is 0.515 bits per heavy atom. The molecule has 0 unspecified atom stereocenters. The standard InChI is InChI=1S/C30H18ClNO/c31-21-12-15-30-26(18-21)25-16-19(11-14-29(25)33-30)20-10-13-24-23-8-4-5-9-27(23)32(28(24)17-20)22-6-2-1-3-7-22/h1-18H. The van der Waals surface area contributed by atoms with Crippen LogP contribution in [0, 0.1) is 0 Å². The fourth-order valence-electron chi connectivity index (χ4n) is 4.93. The Hall–Kier alpha value is -4.01. The van der Waals surface area contributed by atoms with E-state index in [1.807, 2.05) is 18.2 Å². The zero-order valence-corrected chi connectivity index (χ0v) is 18.4. The first-order chi connectivity index (χ1) is 16.3. The van der Waals surface area contributed by atoms with Gasteiger partial charge in [0.2, 0.25) is 0 Å². The molecule has 3 heteroatoms. The number of hydrogen-bond acceptors (Lipinski definition) is 1. The molecular formula is C30H18ClNO. The zero-order valence-electron chi connectivity index (χ0n) is 17.6. The van der Waals surface area contributed by atoms with Crippen molar-refractivity contribution in [3.05, 3.63) is 114 Å². The van der Waals surface area contributed by atoms with Crippen LogP contribution in [0.1, 0.15) is 0 Å². The highest BCUT2D eigenvalue weighted by Gasteiger charge is 2.14. The fraction of sp³-hybridized carbons (Fsp3) is 0. The van der Waals surface area contributed by atoms with Gasteiger partial charge in [0.15, 0.2) is 0 Å². The van der Waals surface area contributed by atoms with Crippen molar-refractivity contribution in [3.63, 3.8) is 0 Å². The van der Waals surface area contributed by atoms with Crippen molar-refractivity contribution in [2.24, 2.45) is 0 Å². The van der Waals surface area contributed by atoms with E-state index in [2.05, 4.69) is 95.6 Å². The summed E-state index contributed by atoms with van der Waals surface area (Å²) in [4.78, 5) is 0. The maximum absolute atomic E-state index is 6.27. The summed E-state index contributed by atoms with van der Waals surface area (Å²) in [6.07, 6.45) is 0. The number of benzene rings is 5. The third kappa shape index (κ3) is 2.81. The van der Waals surface area contributed by atoms with Crippen LogP contribution >= 0.6 is 11.6 Å². The molecule has 0 spiro atoms. The van der Waals surface area contributed by atoms with Gasteiger partial charge in [-0.2, -0.15) is 0 Å². The van der Waals surface area contributed by atoms with Crippen LogP contribution in [0.2, 0.25) is 5.02 Å². The van der Waals surface area contributed by atoms with Gasteiger partial charge in [0.05, 0.1) is 11.0 Å². The molecule has 0 aliphatic carbocycles. The first kappa shape index (κ1) is 18.6. The lowest BCUT2D eigenvalue weighted by Crippen LogP contribution is -1.93. The lowest BCUT2D eigenvalue weighted by atomic mass is 10.0. The summed E-state index contributed by atoms with van der Waals surface area (Å²) in [5.74, 6) is 0. The number of para-hydroxylation sites is 2. The SMILES string of the molecule is Clc1ccc2oc3ccc(-c4ccc5c6ccccc6n(-c6ccccc6)c5c4)cc3c2c1. The Morgan fingerprint density at radius 2 is 1.18 bits per heavy atom. The lowest BCUT2D eigenvalue weighted by Gasteiger charge is -2.09. The summed E-state index contributed by atoms with van der Waals surface area (Å²) in [5.41, 5.74) is 7.60. The summed E-state index contributed by atoms with van der Waals surface area (Å²) < 4.78 is 8.37. The third-order valence-corrected chi connectivity index (χ3v) is 6.69. The van der Waals surface area contributed by atoms with Gasteiger partial charge in [0.1, 0.15) is 11.2 Å². The molecule has 2 aromatic heterocycles. The monoisotopic (exact) mass is 443 g/mol. The third-order valence-electron chi connectivity index (χ3n) is 6.45. The highest BCUT2D eigenvalue weighted by molar-refractivity contribution is 6.31. The average Bonchev–Trinajstić information content (AvgIpc) is 3.39. The Bertz CT molecular complexity index is 1830. The van der Waals surface area contributed by atoms with Crippen LogP contribution in [0.3, 0.4) is 0 Å². The molecule has 0 atom stereocenters. The second-order valence-corrected chi connectivity index (χ2v) is 8.81. The van der Waals surface area contributed by atoms with Gasteiger partial charge in [-0.3, -0.25) is 0 Å². The lowest BCUT2D eigenvalue weighted by molar-refractivity contribution is 0.669. The zero-order chi connectivity index (χ0) is 21.9. The maximum atomic E-state index is 6.27. The van der Waals surface area contributed by atoms with Gasteiger partial charge in [-0.25, -0.2) is 0 Å². The van der Waals surface area contributed by atoms with Gasteiger partial charge in [0, 0.05) is 32.3 Å². The Balaban J connectivity index is 1.50. The number of furan rings is 1. The minimum Gasteiger partial charge on any atom is -0.456 e. The molecule has 0 aliphatic rings. The smallest absolute Gasteiger partial charge is 0.135 e.